The first-order valence-electron chi connectivity index (χ1n) is 7.09. The number of likely N-dealkylation sites (N-methyl/N-ethyl adjacent to an activating group) is 1. The van der Waals surface area contributed by atoms with Gasteiger partial charge in [-0.3, -0.25) is 9.69 Å². The highest BCUT2D eigenvalue weighted by molar-refractivity contribution is 6.30. The predicted octanol–water partition coefficient (Wildman–Crippen LogP) is 2.95. The number of carbonyl (C=O) groups is 1. The van der Waals surface area contributed by atoms with Gasteiger partial charge in [-0.2, -0.15) is 0 Å². The zero-order valence-electron chi connectivity index (χ0n) is 13.4. The molecule has 1 aromatic carbocycles. The molecular formula is C16H25ClN2O2. The number of amides is 1. The summed E-state index contributed by atoms with van der Waals surface area (Å²) < 4.78 is 5.63. The van der Waals surface area contributed by atoms with E-state index in [1.807, 2.05) is 51.8 Å². The van der Waals surface area contributed by atoms with Crippen LogP contribution in [0, 0.1) is 0 Å². The third-order valence-corrected chi connectivity index (χ3v) is 3.32. The monoisotopic (exact) mass is 312 g/mol. The Bertz CT molecular complexity index is 454. The number of nitrogens with zero attached hydrogens (tertiary/aromatic N) is 1. The number of ether oxygens (including phenoxy) is 1. The Labute approximate surface area is 132 Å². The Morgan fingerprint density at radius 2 is 1.90 bits per heavy atom. The molecule has 4 nitrogen and oxygen atoms in total. The Morgan fingerprint density at radius 1 is 1.33 bits per heavy atom. The van der Waals surface area contributed by atoms with Crippen LogP contribution in [0.2, 0.25) is 5.02 Å². The van der Waals surface area contributed by atoms with Crippen molar-refractivity contribution >= 4 is 17.5 Å². The molecule has 5 heteroatoms. The summed E-state index contributed by atoms with van der Waals surface area (Å²) in [4.78, 5) is 14.0. The summed E-state index contributed by atoms with van der Waals surface area (Å²) >= 11 is 5.82. The zero-order chi connectivity index (χ0) is 16.0. The molecule has 0 aliphatic heterocycles. The van der Waals surface area contributed by atoms with Crippen molar-refractivity contribution in [1.82, 2.24) is 10.2 Å². The summed E-state index contributed by atoms with van der Waals surface area (Å²) in [7, 11) is 1.91. The van der Waals surface area contributed by atoms with E-state index in [1.165, 1.54) is 0 Å². The van der Waals surface area contributed by atoms with Gasteiger partial charge in [0.2, 0.25) is 5.91 Å². The number of hydrogen-bond donors (Lipinski definition) is 1. The average molecular weight is 313 g/mol. The van der Waals surface area contributed by atoms with Gasteiger partial charge in [0.1, 0.15) is 12.4 Å². The van der Waals surface area contributed by atoms with Gasteiger partial charge < -0.3 is 10.1 Å². The second kappa shape index (κ2) is 7.66. The maximum absolute atomic E-state index is 12.1. The third kappa shape index (κ3) is 6.82. The Kier molecular flexibility index (Phi) is 6.49. The molecule has 0 radical (unpaired) electrons. The number of rotatable bonds is 6. The molecule has 0 fully saturated rings. The van der Waals surface area contributed by atoms with Gasteiger partial charge in [-0.25, -0.2) is 0 Å². The van der Waals surface area contributed by atoms with E-state index in [2.05, 4.69) is 5.32 Å². The molecule has 118 valence electrons. The molecule has 0 heterocycles. The second-order valence-electron chi connectivity index (χ2n) is 6.20. The van der Waals surface area contributed by atoms with E-state index >= 15 is 0 Å². The van der Waals surface area contributed by atoms with Crippen molar-refractivity contribution in [2.45, 2.75) is 39.3 Å². The largest absolute Gasteiger partial charge is 0.492 e. The van der Waals surface area contributed by atoms with Crippen LogP contribution in [0.15, 0.2) is 24.3 Å². The molecule has 1 rings (SSSR count). The molecule has 0 aliphatic rings. The summed E-state index contributed by atoms with van der Waals surface area (Å²) in [6.45, 7) is 9.00. The van der Waals surface area contributed by atoms with Crippen molar-refractivity contribution < 1.29 is 9.53 Å². The van der Waals surface area contributed by atoms with Crippen LogP contribution < -0.4 is 10.1 Å². The van der Waals surface area contributed by atoms with E-state index in [-0.39, 0.29) is 17.5 Å². The fourth-order valence-electron chi connectivity index (χ4n) is 1.71. The molecule has 1 unspecified atom stereocenters. The topological polar surface area (TPSA) is 41.6 Å². The first-order chi connectivity index (χ1) is 9.69. The lowest BCUT2D eigenvalue weighted by Gasteiger charge is -2.28. The van der Waals surface area contributed by atoms with Crippen LogP contribution in [-0.4, -0.2) is 42.6 Å². The van der Waals surface area contributed by atoms with Gasteiger partial charge in [-0.05, 0) is 59.0 Å². The van der Waals surface area contributed by atoms with Crippen molar-refractivity contribution in [1.29, 1.82) is 0 Å². The quantitative estimate of drug-likeness (QED) is 0.878. The second-order valence-corrected chi connectivity index (χ2v) is 6.63. The summed E-state index contributed by atoms with van der Waals surface area (Å²) in [6.07, 6.45) is 0. The minimum Gasteiger partial charge on any atom is -0.492 e. The number of hydrogen-bond acceptors (Lipinski definition) is 3. The highest BCUT2D eigenvalue weighted by Crippen LogP contribution is 2.15. The van der Waals surface area contributed by atoms with Crippen LogP contribution in [-0.2, 0) is 4.79 Å². The van der Waals surface area contributed by atoms with Crippen LogP contribution in [0.5, 0.6) is 5.75 Å². The van der Waals surface area contributed by atoms with Crippen molar-refractivity contribution in [3.63, 3.8) is 0 Å². The molecule has 1 atom stereocenters. The minimum atomic E-state index is -0.216. The highest BCUT2D eigenvalue weighted by Gasteiger charge is 2.22. The SMILES string of the molecule is CC(C(=O)NC(C)(C)C)N(C)CCOc1ccc(Cl)cc1. The van der Waals surface area contributed by atoms with E-state index in [0.29, 0.717) is 18.2 Å². The Morgan fingerprint density at radius 3 is 2.43 bits per heavy atom. The van der Waals surface area contributed by atoms with E-state index in [9.17, 15) is 4.79 Å². The Balaban J connectivity index is 2.37. The number of carbonyl (C=O) groups excluding carboxylic acids is 1. The van der Waals surface area contributed by atoms with Crippen molar-refractivity contribution in [3.8, 4) is 5.75 Å². The van der Waals surface area contributed by atoms with Gasteiger partial charge in [0.25, 0.3) is 0 Å². The van der Waals surface area contributed by atoms with E-state index < -0.39 is 0 Å². The molecular weight excluding hydrogens is 288 g/mol. The van der Waals surface area contributed by atoms with Gasteiger partial charge in [0.15, 0.2) is 0 Å². The van der Waals surface area contributed by atoms with E-state index in [0.717, 1.165) is 5.75 Å². The molecule has 0 saturated carbocycles. The molecule has 0 aromatic heterocycles. The van der Waals surface area contributed by atoms with Crippen LogP contribution in [0.3, 0.4) is 0 Å². The lowest BCUT2D eigenvalue weighted by atomic mass is 10.1. The normalized spacial score (nSPS) is 13.1. The highest BCUT2D eigenvalue weighted by atomic mass is 35.5. The van der Waals surface area contributed by atoms with Gasteiger partial charge in [-0.1, -0.05) is 11.6 Å². The average Bonchev–Trinajstić information content (AvgIpc) is 2.38. The van der Waals surface area contributed by atoms with E-state index in [4.69, 9.17) is 16.3 Å². The molecule has 1 aromatic rings. The first-order valence-corrected chi connectivity index (χ1v) is 7.47. The molecule has 0 saturated heterocycles. The molecule has 1 N–H and O–H groups in total. The van der Waals surface area contributed by atoms with Crippen molar-refractivity contribution in [3.05, 3.63) is 29.3 Å². The van der Waals surface area contributed by atoms with Crippen LogP contribution >= 0.6 is 11.6 Å². The van der Waals surface area contributed by atoms with Crippen LogP contribution in [0.4, 0.5) is 0 Å². The summed E-state index contributed by atoms with van der Waals surface area (Å²) in [5, 5.41) is 3.67. The molecule has 0 spiro atoms. The lowest BCUT2D eigenvalue weighted by Crippen LogP contribution is -2.50. The smallest absolute Gasteiger partial charge is 0.237 e. The van der Waals surface area contributed by atoms with Crippen LogP contribution in [0.25, 0.3) is 0 Å². The van der Waals surface area contributed by atoms with Gasteiger partial charge in [0.05, 0.1) is 6.04 Å². The standard InChI is InChI=1S/C16H25ClN2O2/c1-12(15(20)18-16(2,3)4)19(5)10-11-21-14-8-6-13(17)7-9-14/h6-9,12H,10-11H2,1-5H3,(H,18,20). The minimum absolute atomic E-state index is 0.0245. The van der Waals surface area contributed by atoms with Crippen molar-refractivity contribution in [2.75, 3.05) is 20.2 Å². The molecule has 0 bridgehead atoms. The van der Waals surface area contributed by atoms with E-state index in [1.54, 1.807) is 12.1 Å². The zero-order valence-corrected chi connectivity index (χ0v) is 14.2. The summed E-state index contributed by atoms with van der Waals surface area (Å²) in [5.41, 5.74) is -0.216. The van der Waals surface area contributed by atoms with Gasteiger partial charge in [-0.15, -0.1) is 0 Å². The first kappa shape index (κ1) is 17.8. The molecule has 0 aliphatic carbocycles. The maximum Gasteiger partial charge on any atom is 0.237 e. The van der Waals surface area contributed by atoms with Gasteiger partial charge in [0, 0.05) is 17.1 Å². The summed E-state index contributed by atoms with van der Waals surface area (Å²) in [5.74, 6) is 0.802. The predicted molar refractivity (Wildman–Crippen MR) is 86.9 cm³/mol. The van der Waals surface area contributed by atoms with Gasteiger partial charge >= 0.3 is 0 Å². The fraction of sp³-hybridized carbons (Fsp3) is 0.562. The molecule has 21 heavy (non-hydrogen) atoms. The fourth-order valence-corrected chi connectivity index (χ4v) is 1.83. The lowest BCUT2D eigenvalue weighted by molar-refractivity contribution is -0.126. The van der Waals surface area contributed by atoms with Crippen molar-refractivity contribution in [2.24, 2.45) is 0 Å². The molecule has 1 amide bonds. The van der Waals surface area contributed by atoms with Crippen LogP contribution in [0.1, 0.15) is 27.7 Å². The number of halogens is 1. The third-order valence-electron chi connectivity index (χ3n) is 3.07. The maximum atomic E-state index is 12.1. The number of nitrogens with one attached hydrogen (secondary N) is 1. The summed E-state index contributed by atoms with van der Waals surface area (Å²) in [6, 6.07) is 7.05. The Hall–Kier alpha value is -1.26. The number of benzene rings is 1.